The summed E-state index contributed by atoms with van der Waals surface area (Å²) < 4.78 is 5.13. The SMILES string of the molecule is CCOCC(CC(=O)O)C(=O)Nc1cc(Cl)cc(Cl)c1. The number of amides is 1. The second-order valence-corrected chi connectivity index (χ2v) is 4.97. The van der Waals surface area contributed by atoms with E-state index in [0.717, 1.165) is 0 Å². The second-order valence-electron chi connectivity index (χ2n) is 4.10. The van der Waals surface area contributed by atoms with Gasteiger partial charge < -0.3 is 15.2 Å². The lowest BCUT2D eigenvalue weighted by Gasteiger charge is -2.15. The number of aliphatic carboxylic acids is 1. The van der Waals surface area contributed by atoms with Gasteiger partial charge in [-0.2, -0.15) is 0 Å². The minimum Gasteiger partial charge on any atom is -0.481 e. The van der Waals surface area contributed by atoms with Crippen molar-refractivity contribution in [3.63, 3.8) is 0 Å². The van der Waals surface area contributed by atoms with E-state index < -0.39 is 17.8 Å². The van der Waals surface area contributed by atoms with Crippen molar-refractivity contribution in [1.29, 1.82) is 0 Å². The van der Waals surface area contributed by atoms with Gasteiger partial charge in [-0.25, -0.2) is 0 Å². The number of rotatable bonds is 7. The zero-order chi connectivity index (χ0) is 15.1. The first-order valence-corrected chi connectivity index (χ1v) is 6.74. The fourth-order valence-electron chi connectivity index (χ4n) is 1.57. The van der Waals surface area contributed by atoms with Crippen LogP contribution >= 0.6 is 23.2 Å². The molecular formula is C13H15Cl2NO4. The molecule has 1 rings (SSSR count). The van der Waals surface area contributed by atoms with Crippen LogP contribution in [-0.2, 0) is 14.3 Å². The molecule has 7 heteroatoms. The molecule has 0 aliphatic rings. The Morgan fingerprint density at radius 2 is 1.90 bits per heavy atom. The minimum absolute atomic E-state index is 0.0446. The predicted octanol–water partition coefficient (Wildman–Crippen LogP) is 3.06. The van der Waals surface area contributed by atoms with Crippen LogP contribution in [0.3, 0.4) is 0 Å². The summed E-state index contributed by atoms with van der Waals surface area (Å²) in [7, 11) is 0. The van der Waals surface area contributed by atoms with Crippen molar-refractivity contribution in [3.8, 4) is 0 Å². The number of carbonyl (C=O) groups excluding carboxylic acids is 1. The van der Waals surface area contributed by atoms with Crippen molar-refractivity contribution >= 4 is 40.8 Å². The van der Waals surface area contributed by atoms with Crippen LogP contribution in [0.1, 0.15) is 13.3 Å². The van der Waals surface area contributed by atoms with Crippen molar-refractivity contribution in [2.75, 3.05) is 18.5 Å². The van der Waals surface area contributed by atoms with Gasteiger partial charge in [-0.3, -0.25) is 9.59 Å². The lowest BCUT2D eigenvalue weighted by atomic mass is 10.1. The van der Waals surface area contributed by atoms with Crippen LogP contribution in [0, 0.1) is 5.92 Å². The largest absolute Gasteiger partial charge is 0.481 e. The van der Waals surface area contributed by atoms with E-state index in [1.54, 1.807) is 6.92 Å². The Morgan fingerprint density at radius 3 is 2.40 bits per heavy atom. The summed E-state index contributed by atoms with van der Waals surface area (Å²) in [6.07, 6.45) is -0.305. The molecule has 2 N–H and O–H groups in total. The fraction of sp³-hybridized carbons (Fsp3) is 0.385. The molecule has 0 aliphatic carbocycles. The second kappa shape index (κ2) is 8.09. The topological polar surface area (TPSA) is 75.6 Å². The lowest BCUT2D eigenvalue weighted by Crippen LogP contribution is -2.29. The molecule has 0 spiro atoms. The molecule has 110 valence electrons. The van der Waals surface area contributed by atoms with Gasteiger partial charge in [0.25, 0.3) is 0 Å². The number of anilines is 1. The van der Waals surface area contributed by atoms with E-state index in [1.165, 1.54) is 18.2 Å². The summed E-state index contributed by atoms with van der Waals surface area (Å²) in [4.78, 5) is 22.8. The molecule has 0 heterocycles. The van der Waals surface area contributed by atoms with E-state index in [9.17, 15) is 9.59 Å². The van der Waals surface area contributed by atoms with E-state index in [0.29, 0.717) is 22.3 Å². The van der Waals surface area contributed by atoms with Gasteiger partial charge in [0.1, 0.15) is 0 Å². The Bertz CT molecular complexity index is 473. The van der Waals surface area contributed by atoms with Gasteiger partial charge in [0.05, 0.1) is 18.9 Å². The molecule has 1 aromatic carbocycles. The normalized spacial score (nSPS) is 11.9. The Morgan fingerprint density at radius 1 is 1.30 bits per heavy atom. The van der Waals surface area contributed by atoms with Crippen LogP contribution in [0.2, 0.25) is 10.0 Å². The summed E-state index contributed by atoms with van der Waals surface area (Å²) in [5, 5.41) is 12.2. The van der Waals surface area contributed by atoms with Crippen LogP contribution in [0.15, 0.2) is 18.2 Å². The van der Waals surface area contributed by atoms with Crippen LogP contribution in [0.25, 0.3) is 0 Å². The Hall–Kier alpha value is -1.30. The molecule has 1 atom stereocenters. The molecule has 1 unspecified atom stereocenters. The van der Waals surface area contributed by atoms with Crippen molar-refractivity contribution < 1.29 is 19.4 Å². The lowest BCUT2D eigenvalue weighted by molar-refractivity contribution is -0.141. The maximum absolute atomic E-state index is 12.0. The summed E-state index contributed by atoms with van der Waals surface area (Å²) in [6, 6.07) is 4.60. The van der Waals surface area contributed by atoms with Crippen molar-refractivity contribution in [1.82, 2.24) is 0 Å². The highest BCUT2D eigenvalue weighted by atomic mass is 35.5. The number of nitrogens with one attached hydrogen (secondary N) is 1. The smallest absolute Gasteiger partial charge is 0.304 e. The first-order valence-electron chi connectivity index (χ1n) is 5.99. The van der Waals surface area contributed by atoms with Crippen LogP contribution in [0.5, 0.6) is 0 Å². The average molecular weight is 320 g/mol. The maximum atomic E-state index is 12.0. The highest BCUT2D eigenvalue weighted by Gasteiger charge is 2.22. The Labute approximate surface area is 126 Å². The number of carbonyl (C=O) groups is 2. The molecule has 0 bridgehead atoms. The maximum Gasteiger partial charge on any atom is 0.304 e. The monoisotopic (exact) mass is 319 g/mol. The van der Waals surface area contributed by atoms with Crippen LogP contribution < -0.4 is 5.32 Å². The van der Waals surface area contributed by atoms with Crippen molar-refractivity contribution in [3.05, 3.63) is 28.2 Å². The third-order valence-corrected chi connectivity index (χ3v) is 2.88. The summed E-state index contributed by atoms with van der Waals surface area (Å²) in [6.45, 7) is 2.22. The molecule has 0 saturated heterocycles. The summed E-state index contributed by atoms with van der Waals surface area (Å²) >= 11 is 11.7. The third kappa shape index (κ3) is 5.77. The van der Waals surface area contributed by atoms with Crippen molar-refractivity contribution in [2.24, 2.45) is 5.92 Å². The quantitative estimate of drug-likeness (QED) is 0.809. The standard InChI is InChI=1S/C13H15Cl2NO4/c1-2-20-7-8(3-12(17)18)13(19)16-11-5-9(14)4-10(15)6-11/h4-6,8H,2-3,7H2,1H3,(H,16,19)(H,17,18). The van der Waals surface area contributed by atoms with E-state index >= 15 is 0 Å². The van der Waals surface area contributed by atoms with E-state index in [1.807, 2.05) is 0 Å². The van der Waals surface area contributed by atoms with Gasteiger partial charge in [0, 0.05) is 22.3 Å². The van der Waals surface area contributed by atoms with Crippen LogP contribution in [0.4, 0.5) is 5.69 Å². The number of halogens is 2. The van der Waals surface area contributed by atoms with Gasteiger partial charge >= 0.3 is 5.97 Å². The highest BCUT2D eigenvalue weighted by Crippen LogP contribution is 2.23. The first kappa shape index (κ1) is 16.8. The predicted molar refractivity (Wildman–Crippen MR) is 77.3 cm³/mol. The highest BCUT2D eigenvalue weighted by molar-refractivity contribution is 6.35. The molecule has 0 fully saturated rings. The van der Waals surface area contributed by atoms with E-state index in [-0.39, 0.29) is 13.0 Å². The van der Waals surface area contributed by atoms with Gasteiger partial charge in [-0.1, -0.05) is 23.2 Å². The summed E-state index contributed by atoms with van der Waals surface area (Å²) in [5.41, 5.74) is 0.416. The van der Waals surface area contributed by atoms with Crippen LogP contribution in [-0.4, -0.2) is 30.2 Å². The van der Waals surface area contributed by atoms with Gasteiger partial charge in [0.15, 0.2) is 0 Å². The van der Waals surface area contributed by atoms with Crippen molar-refractivity contribution in [2.45, 2.75) is 13.3 Å². The van der Waals surface area contributed by atoms with E-state index in [2.05, 4.69) is 5.32 Å². The zero-order valence-corrected chi connectivity index (χ0v) is 12.4. The Balaban J connectivity index is 2.75. The Kier molecular flexibility index (Phi) is 6.78. The molecule has 0 aromatic heterocycles. The number of ether oxygens (including phenoxy) is 1. The molecule has 1 aromatic rings. The molecule has 1 amide bonds. The molecule has 5 nitrogen and oxygen atoms in total. The number of carboxylic acid groups (broad SMARTS) is 1. The molecule has 0 radical (unpaired) electrons. The zero-order valence-electron chi connectivity index (χ0n) is 10.9. The van der Waals surface area contributed by atoms with E-state index in [4.69, 9.17) is 33.0 Å². The molecule has 20 heavy (non-hydrogen) atoms. The van der Waals surface area contributed by atoms with Gasteiger partial charge in [-0.05, 0) is 25.1 Å². The minimum atomic E-state index is -1.06. The number of benzene rings is 1. The molecule has 0 saturated carbocycles. The first-order chi connectivity index (χ1) is 9.42. The number of hydrogen-bond acceptors (Lipinski definition) is 3. The number of carboxylic acids is 1. The third-order valence-electron chi connectivity index (χ3n) is 2.45. The van der Waals surface area contributed by atoms with Gasteiger partial charge in [-0.15, -0.1) is 0 Å². The summed E-state index contributed by atoms with van der Waals surface area (Å²) in [5.74, 6) is -2.28. The molecular weight excluding hydrogens is 305 g/mol. The average Bonchev–Trinajstić information content (AvgIpc) is 2.32. The van der Waals surface area contributed by atoms with Gasteiger partial charge in [0.2, 0.25) is 5.91 Å². The number of hydrogen-bond donors (Lipinski definition) is 2. The molecule has 0 aliphatic heterocycles. The fourth-order valence-corrected chi connectivity index (χ4v) is 2.09.